The van der Waals surface area contributed by atoms with Crippen LogP contribution in [0.25, 0.3) is 5.78 Å². The van der Waals surface area contributed by atoms with E-state index >= 15 is 0 Å². The average molecular weight is 462 g/mol. The summed E-state index contributed by atoms with van der Waals surface area (Å²) in [4.78, 5) is 23.5. The molecule has 5 rings (SSSR count). The maximum Gasteiger partial charge on any atom is 0.280 e. The van der Waals surface area contributed by atoms with Gasteiger partial charge in [0.2, 0.25) is 0 Å². The zero-order valence-electron chi connectivity index (χ0n) is 17.4. The molecule has 0 aliphatic carbocycles. The molecule has 0 radical (unpaired) electrons. The van der Waals surface area contributed by atoms with Crippen molar-refractivity contribution in [2.45, 2.75) is 56.5 Å². The van der Waals surface area contributed by atoms with Gasteiger partial charge >= 0.3 is 0 Å². The lowest BCUT2D eigenvalue weighted by Crippen LogP contribution is -2.55. The summed E-state index contributed by atoms with van der Waals surface area (Å²) in [6, 6.07) is 6.41. The van der Waals surface area contributed by atoms with Crippen LogP contribution in [0.4, 0.5) is 8.78 Å². The minimum absolute atomic E-state index is 0.0997. The van der Waals surface area contributed by atoms with Gasteiger partial charge in [0.25, 0.3) is 18.1 Å². The van der Waals surface area contributed by atoms with E-state index in [2.05, 4.69) is 15.1 Å². The number of alkyl halides is 2. The molecule has 32 heavy (non-hydrogen) atoms. The highest BCUT2D eigenvalue weighted by Crippen LogP contribution is 2.43. The van der Waals surface area contributed by atoms with Crippen molar-refractivity contribution >= 4 is 23.3 Å². The fraction of sp³-hybridized carbons (Fsp3) is 0.455. The van der Waals surface area contributed by atoms with Gasteiger partial charge in [-0.05, 0) is 56.4 Å². The molecule has 1 amide bonds. The molecule has 0 spiro atoms. The first-order valence-electron chi connectivity index (χ1n) is 10.6. The smallest absolute Gasteiger partial charge is 0.280 e. The van der Waals surface area contributed by atoms with Crippen molar-refractivity contribution in [3.8, 4) is 5.75 Å². The number of nitrogens with zero attached hydrogens (tertiary/aromatic N) is 5. The summed E-state index contributed by atoms with van der Waals surface area (Å²) in [6.45, 7) is 0. The number of carbonyl (C=O) groups excluding carboxylic acids is 1. The predicted octanol–water partition coefficient (Wildman–Crippen LogP) is 4.66. The molecule has 7 nitrogen and oxygen atoms in total. The zero-order chi connectivity index (χ0) is 22.4. The Kier molecular flexibility index (Phi) is 5.44. The number of methoxy groups -OCH3 is 1. The van der Waals surface area contributed by atoms with Crippen LogP contribution in [0.15, 0.2) is 30.6 Å². The third kappa shape index (κ3) is 3.48. The SMILES string of the molecule is COc1cc(C(=O)N2C3CCC[C@@H]2CC[C@@H]3c2cc(C(F)F)nc3ncnn23)ccc1Cl. The van der Waals surface area contributed by atoms with Gasteiger partial charge in [0, 0.05) is 23.6 Å². The number of hydrogen-bond donors (Lipinski definition) is 0. The van der Waals surface area contributed by atoms with Crippen LogP contribution < -0.4 is 4.74 Å². The van der Waals surface area contributed by atoms with Gasteiger partial charge < -0.3 is 9.64 Å². The van der Waals surface area contributed by atoms with Gasteiger partial charge in [0.1, 0.15) is 17.8 Å². The molecule has 2 aliphatic rings. The molecule has 2 aliphatic heterocycles. The minimum atomic E-state index is -2.71. The Morgan fingerprint density at radius 3 is 2.84 bits per heavy atom. The Morgan fingerprint density at radius 2 is 2.06 bits per heavy atom. The van der Waals surface area contributed by atoms with Crippen LogP contribution in [0, 0.1) is 0 Å². The quantitative estimate of drug-likeness (QED) is 0.564. The van der Waals surface area contributed by atoms with E-state index in [0.29, 0.717) is 22.0 Å². The van der Waals surface area contributed by atoms with Crippen molar-refractivity contribution in [1.82, 2.24) is 24.5 Å². The third-order valence-corrected chi connectivity index (χ3v) is 6.91. The lowest BCUT2D eigenvalue weighted by molar-refractivity contribution is 0.0197. The first-order chi connectivity index (χ1) is 15.5. The molecule has 10 heteroatoms. The fourth-order valence-corrected chi connectivity index (χ4v) is 5.38. The number of halogens is 3. The van der Waals surface area contributed by atoms with E-state index in [1.807, 2.05) is 4.90 Å². The Morgan fingerprint density at radius 1 is 1.22 bits per heavy atom. The number of rotatable bonds is 4. The normalized spacial score (nSPS) is 23.0. The van der Waals surface area contributed by atoms with Crippen molar-refractivity contribution in [2.75, 3.05) is 7.11 Å². The van der Waals surface area contributed by atoms with Gasteiger partial charge in [-0.1, -0.05) is 11.6 Å². The molecular formula is C22H22ClF2N5O2. The van der Waals surface area contributed by atoms with Gasteiger partial charge in [-0.15, -0.1) is 0 Å². The molecule has 3 atom stereocenters. The van der Waals surface area contributed by atoms with Crippen LogP contribution in [-0.4, -0.2) is 49.6 Å². The van der Waals surface area contributed by atoms with E-state index in [9.17, 15) is 13.6 Å². The second kappa shape index (κ2) is 8.27. The summed E-state index contributed by atoms with van der Waals surface area (Å²) in [5.74, 6) is 0.346. The number of ether oxygens (including phenoxy) is 1. The number of carbonyl (C=O) groups is 1. The molecule has 2 saturated heterocycles. The standard InChI is InChI=1S/C22H22ClF2N5O2/c1-32-19-9-12(5-8-15(19)23)21(31)29-13-3-2-4-17(29)14(7-6-13)18-10-16(20(24)25)28-22-26-11-27-30(18)22/h5,8-11,13-14,17,20H,2-4,6-7H2,1H3/t13-,14+,17?/m1/s1. The number of hydrogen-bond acceptors (Lipinski definition) is 5. The molecule has 3 aromatic rings. The molecule has 0 N–H and O–H groups in total. The Bertz CT molecular complexity index is 1170. The van der Waals surface area contributed by atoms with Crippen LogP contribution in [0.1, 0.15) is 66.2 Å². The summed E-state index contributed by atoms with van der Waals surface area (Å²) in [7, 11) is 1.51. The predicted molar refractivity (Wildman–Crippen MR) is 113 cm³/mol. The molecule has 4 heterocycles. The topological polar surface area (TPSA) is 72.6 Å². The molecule has 2 aromatic heterocycles. The van der Waals surface area contributed by atoms with E-state index in [1.54, 1.807) is 18.2 Å². The lowest BCUT2D eigenvalue weighted by Gasteiger charge is -2.50. The average Bonchev–Trinajstić information content (AvgIpc) is 3.27. The van der Waals surface area contributed by atoms with Gasteiger partial charge in [-0.3, -0.25) is 4.79 Å². The molecule has 168 valence electrons. The molecule has 2 fully saturated rings. The van der Waals surface area contributed by atoms with E-state index < -0.39 is 6.43 Å². The number of fused-ring (bicyclic) bond motifs is 3. The van der Waals surface area contributed by atoms with Gasteiger partial charge in [0.05, 0.1) is 17.8 Å². The van der Waals surface area contributed by atoms with Crippen LogP contribution in [-0.2, 0) is 0 Å². The highest BCUT2D eigenvalue weighted by Gasteiger charge is 2.44. The molecule has 1 unspecified atom stereocenters. The molecule has 0 saturated carbocycles. The summed E-state index contributed by atoms with van der Waals surface area (Å²) < 4.78 is 33.9. The van der Waals surface area contributed by atoms with Crippen molar-refractivity contribution < 1.29 is 18.3 Å². The maximum atomic E-state index is 13.6. The first-order valence-corrected chi connectivity index (χ1v) is 11.0. The van der Waals surface area contributed by atoms with Crippen LogP contribution in [0.5, 0.6) is 5.75 Å². The number of aromatic nitrogens is 4. The Balaban J connectivity index is 1.55. The zero-order valence-corrected chi connectivity index (χ0v) is 18.2. The summed E-state index contributed by atoms with van der Waals surface area (Å²) in [6.07, 6.45) is 2.88. The third-order valence-electron chi connectivity index (χ3n) is 6.60. The minimum Gasteiger partial charge on any atom is -0.495 e. The highest BCUT2D eigenvalue weighted by atomic mass is 35.5. The number of piperidine rings is 2. The van der Waals surface area contributed by atoms with Crippen LogP contribution >= 0.6 is 11.6 Å². The van der Waals surface area contributed by atoms with Crippen molar-refractivity contribution in [2.24, 2.45) is 0 Å². The van der Waals surface area contributed by atoms with Crippen LogP contribution in [0.2, 0.25) is 5.02 Å². The van der Waals surface area contributed by atoms with E-state index in [0.717, 1.165) is 32.1 Å². The first kappa shape index (κ1) is 21.1. The monoisotopic (exact) mass is 461 g/mol. The van der Waals surface area contributed by atoms with Gasteiger partial charge in [0.15, 0.2) is 0 Å². The molecular weight excluding hydrogens is 440 g/mol. The molecule has 1 aromatic carbocycles. The van der Waals surface area contributed by atoms with Crippen molar-refractivity contribution in [3.63, 3.8) is 0 Å². The summed E-state index contributed by atoms with van der Waals surface area (Å²) >= 11 is 6.14. The number of benzene rings is 1. The van der Waals surface area contributed by atoms with Crippen molar-refractivity contribution in [1.29, 1.82) is 0 Å². The maximum absolute atomic E-state index is 13.6. The fourth-order valence-electron chi connectivity index (χ4n) is 5.19. The van der Waals surface area contributed by atoms with E-state index in [-0.39, 0.29) is 35.4 Å². The van der Waals surface area contributed by atoms with Gasteiger partial charge in [-0.2, -0.15) is 10.1 Å². The Labute approximate surface area is 188 Å². The van der Waals surface area contributed by atoms with E-state index in [4.69, 9.17) is 16.3 Å². The Hall–Kier alpha value is -2.81. The number of amides is 1. The largest absolute Gasteiger partial charge is 0.495 e. The summed E-state index contributed by atoms with van der Waals surface area (Å²) in [5, 5.41) is 4.66. The van der Waals surface area contributed by atoms with Crippen LogP contribution in [0.3, 0.4) is 0 Å². The van der Waals surface area contributed by atoms with E-state index in [1.165, 1.54) is 24.0 Å². The highest BCUT2D eigenvalue weighted by molar-refractivity contribution is 6.32. The van der Waals surface area contributed by atoms with Crippen molar-refractivity contribution in [3.05, 3.63) is 52.6 Å². The molecule has 2 bridgehead atoms. The second-order valence-corrected chi connectivity index (χ2v) is 8.68. The summed E-state index contributed by atoms with van der Waals surface area (Å²) in [5.41, 5.74) is 0.802. The second-order valence-electron chi connectivity index (χ2n) is 8.28. The van der Waals surface area contributed by atoms with Gasteiger partial charge in [-0.25, -0.2) is 18.3 Å². The lowest BCUT2D eigenvalue weighted by atomic mass is 9.75.